The quantitative estimate of drug-likeness (QED) is 0.594. The summed E-state index contributed by atoms with van der Waals surface area (Å²) in [5, 5.41) is 0.486. The zero-order valence-corrected chi connectivity index (χ0v) is 11.2. The second kappa shape index (κ2) is 6.31. The van der Waals surface area contributed by atoms with Gasteiger partial charge in [0, 0.05) is 12.6 Å². The van der Waals surface area contributed by atoms with E-state index in [2.05, 4.69) is 21.9 Å². The summed E-state index contributed by atoms with van der Waals surface area (Å²) in [7, 11) is 0. The van der Waals surface area contributed by atoms with Crippen LogP contribution in [0.3, 0.4) is 0 Å². The van der Waals surface area contributed by atoms with Crippen molar-refractivity contribution in [3.8, 4) is 0 Å². The molecule has 0 fully saturated rings. The lowest BCUT2D eigenvalue weighted by molar-refractivity contribution is 0.0969. The van der Waals surface area contributed by atoms with Crippen LogP contribution in [0.2, 0.25) is 0 Å². The fourth-order valence-electron chi connectivity index (χ4n) is 2.09. The molecule has 0 aromatic carbocycles. The summed E-state index contributed by atoms with van der Waals surface area (Å²) >= 11 is 0. The average molecular weight is 261 g/mol. The molecular formula is C14H19N3O2. The summed E-state index contributed by atoms with van der Waals surface area (Å²) in [6.45, 7) is 2.16. The molecule has 19 heavy (non-hydrogen) atoms. The largest absolute Gasteiger partial charge is 0.346 e. The van der Waals surface area contributed by atoms with Crippen molar-refractivity contribution in [1.82, 2.24) is 15.0 Å². The number of aromatic amines is 2. The van der Waals surface area contributed by atoms with E-state index in [0.29, 0.717) is 17.5 Å². The van der Waals surface area contributed by atoms with Crippen molar-refractivity contribution >= 4 is 16.8 Å². The first-order valence-corrected chi connectivity index (χ1v) is 6.83. The highest BCUT2D eigenvalue weighted by Gasteiger charge is 2.11. The summed E-state index contributed by atoms with van der Waals surface area (Å²) in [5.41, 5.74) is 0.207. The summed E-state index contributed by atoms with van der Waals surface area (Å²) in [6.07, 6.45) is 7.54. The van der Waals surface area contributed by atoms with Gasteiger partial charge in [-0.15, -0.1) is 0 Å². The van der Waals surface area contributed by atoms with E-state index in [9.17, 15) is 9.59 Å². The molecule has 2 heterocycles. The highest BCUT2D eigenvalue weighted by molar-refractivity contribution is 5.93. The molecule has 0 saturated carbocycles. The number of H-pyrrole nitrogens is 2. The molecule has 0 bridgehead atoms. The van der Waals surface area contributed by atoms with Crippen molar-refractivity contribution < 1.29 is 4.79 Å². The lowest BCUT2D eigenvalue weighted by atomic mass is 10.1. The Labute approximate surface area is 111 Å². The first kappa shape index (κ1) is 13.5. The summed E-state index contributed by atoms with van der Waals surface area (Å²) in [5.74, 6) is 0.0699. The maximum absolute atomic E-state index is 11.9. The maximum Gasteiger partial charge on any atom is 0.260 e. The third-order valence-corrected chi connectivity index (χ3v) is 3.20. The van der Waals surface area contributed by atoms with Gasteiger partial charge in [-0.05, 0) is 12.5 Å². The van der Waals surface area contributed by atoms with Crippen LogP contribution in [0.25, 0.3) is 11.0 Å². The van der Waals surface area contributed by atoms with Gasteiger partial charge < -0.3 is 9.97 Å². The number of ketones is 1. The van der Waals surface area contributed by atoms with Crippen LogP contribution in [0.4, 0.5) is 0 Å². The number of aromatic nitrogens is 3. The third-order valence-electron chi connectivity index (χ3n) is 3.20. The first-order chi connectivity index (χ1) is 9.22. The SMILES string of the molecule is CCCCCCCC(=O)c1nc2[nH]ccc2c(=O)[nH]1. The minimum absolute atomic E-state index is 0.0925. The van der Waals surface area contributed by atoms with E-state index in [1.165, 1.54) is 12.8 Å². The van der Waals surface area contributed by atoms with E-state index in [-0.39, 0.29) is 17.2 Å². The summed E-state index contributed by atoms with van der Waals surface area (Å²) in [6, 6.07) is 1.65. The Morgan fingerprint density at radius 2 is 2.05 bits per heavy atom. The number of Topliss-reactive ketones (excluding diaryl/α,β-unsaturated/α-hetero) is 1. The Morgan fingerprint density at radius 3 is 2.84 bits per heavy atom. The number of carbonyl (C=O) groups is 1. The van der Waals surface area contributed by atoms with Crippen LogP contribution < -0.4 is 5.56 Å². The van der Waals surface area contributed by atoms with Crippen LogP contribution in [0.15, 0.2) is 17.1 Å². The van der Waals surface area contributed by atoms with Gasteiger partial charge >= 0.3 is 0 Å². The van der Waals surface area contributed by atoms with Crippen LogP contribution in [0, 0.1) is 0 Å². The molecule has 5 nitrogen and oxygen atoms in total. The molecule has 0 aliphatic heterocycles. The lowest BCUT2D eigenvalue weighted by Crippen LogP contribution is -2.15. The van der Waals surface area contributed by atoms with Crippen LogP contribution >= 0.6 is 0 Å². The van der Waals surface area contributed by atoms with Crippen LogP contribution in [-0.4, -0.2) is 20.7 Å². The summed E-state index contributed by atoms with van der Waals surface area (Å²) in [4.78, 5) is 33.2. The normalized spacial score (nSPS) is 11.0. The molecular weight excluding hydrogens is 242 g/mol. The van der Waals surface area contributed by atoms with Gasteiger partial charge in [0.1, 0.15) is 5.65 Å². The molecule has 0 atom stereocenters. The fourth-order valence-corrected chi connectivity index (χ4v) is 2.09. The summed E-state index contributed by atoms with van der Waals surface area (Å²) < 4.78 is 0. The molecule has 0 saturated heterocycles. The van der Waals surface area contributed by atoms with Gasteiger partial charge in [0.15, 0.2) is 11.6 Å². The second-order valence-electron chi connectivity index (χ2n) is 4.74. The number of hydrogen-bond donors (Lipinski definition) is 2. The predicted molar refractivity (Wildman–Crippen MR) is 74.4 cm³/mol. The highest BCUT2D eigenvalue weighted by atomic mass is 16.1. The van der Waals surface area contributed by atoms with Gasteiger partial charge in [0.2, 0.25) is 0 Å². The highest BCUT2D eigenvalue weighted by Crippen LogP contribution is 2.09. The van der Waals surface area contributed by atoms with Gasteiger partial charge in [0.25, 0.3) is 5.56 Å². The smallest absolute Gasteiger partial charge is 0.260 e. The standard InChI is InChI=1S/C14H19N3O2/c1-2-3-4-5-6-7-11(18)13-16-12-10(8-9-15-12)14(19)17-13/h8-9H,2-7H2,1H3,(H2,15,16,17,19). The number of unbranched alkanes of at least 4 members (excludes halogenated alkanes) is 4. The number of rotatable bonds is 7. The lowest BCUT2D eigenvalue weighted by Gasteiger charge is -2.01. The van der Waals surface area contributed by atoms with Gasteiger partial charge in [-0.2, -0.15) is 0 Å². The Hall–Kier alpha value is -1.91. The third kappa shape index (κ3) is 3.30. The number of nitrogens with one attached hydrogen (secondary N) is 2. The van der Waals surface area contributed by atoms with Crippen LogP contribution in [0.5, 0.6) is 0 Å². The number of carbonyl (C=O) groups excluding carboxylic acids is 1. The van der Waals surface area contributed by atoms with E-state index in [0.717, 1.165) is 19.3 Å². The van der Waals surface area contributed by atoms with Crippen molar-refractivity contribution in [2.75, 3.05) is 0 Å². The molecule has 0 aliphatic rings. The van der Waals surface area contributed by atoms with E-state index < -0.39 is 0 Å². The zero-order valence-electron chi connectivity index (χ0n) is 11.2. The zero-order chi connectivity index (χ0) is 13.7. The molecule has 2 aromatic rings. The topological polar surface area (TPSA) is 78.6 Å². The minimum atomic E-state index is -0.263. The van der Waals surface area contributed by atoms with E-state index in [1.807, 2.05) is 0 Å². The van der Waals surface area contributed by atoms with Gasteiger partial charge in [-0.1, -0.05) is 32.6 Å². The monoisotopic (exact) mass is 261 g/mol. The molecule has 0 aliphatic carbocycles. The van der Waals surface area contributed by atoms with E-state index >= 15 is 0 Å². The van der Waals surface area contributed by atoms with Crippen LogP contribution in [0.1, 0.15) is 56.1 Å². The predicted octanol–water partition coefficient (Wildman–Crippen LogP) is 2.79. The molecule has 0 radical (unpaired) electrons. The minimum Gasteiger partial charge on any atom is -0.346 e. The Bertz CT molecular complexity index is 612. The molecule has 2 N–H and O–H groups in total. The van der Waals surface area contributed by atoms with Crippen molar-refractivity contribution in [3.63, 3.8) is 0 Å². The number of hydrogen-bond acceptors (Lipinski definition) is 3. The number of fused-ring (bicyclic) bond motifs is 1. The first-order valence-electron chi connectivity index (χ1n) is 6.83. The van der Waals surface area contributed by atoms with Gasteiger partial charge in [-0.3, -0.25) is 9.59 Å². The van der Waals surface area contributed by atoms with E-state index in [1.54, 1.807) is 12.3 Å². The Kier molecular flexibility index (Phi) is 4.49. The Morgan fingerprint density at radius 1 is 1.26 bits per heavy atom. The molecule has 0 amide bonds. The molecule has 5 heteroatoms. The molecule has 0 unspecified atom stereocenters. The van der Waals surface area contributed by atoms with Crippen molar-refractivity contribution in [2.24, 2.45) is 0 Å². The second-order valence-corrected chi connectivity index (χ2v) is 4.74. The van der Waals surface area contributed by atoms with Crippen LogP contribution in [-0.2, 0) is 0 Å². The van der Waals surface area contributed by atoms with Crippen molar-refractivity contribution in [2.45, 2.75) is 45.4 Å². The Balaban J connectivity index is 1.99. The number of nitrogens with zero attached hydrogens (tertiary/aromatic N) is 1. The van der Waals surface area contributed by atoms with Gasteiger partial charge in [0.05, 0.1) is 5.39 Å². The fraction of sp³-hybridized carbons (Fsp3) is 0.500. The van der Waals surface area contributed by atoms with Crippen molar-refractivity contribution in [1.29, 1.82) is 0 Å². The molecule has 2 aromatic heterocycles. The molecule has 102 valence electrons. The van der Waals surface area contributed by atoms with E-state index in [4.69, 9.17) is 0 Å². The molecule has 0 spiro atoms. The van der Waals surface area contributed by atoms with Crippen molar-refractivity contribution in [3.05, 3.63) is 28.4 Å². The van der Waals surface area contributed by atoms with Gasteiger partial charge in [-0.25, -0.2) is 4.98 Å². The average Bonchev–Trinajstić information content (AvgIpc) is 2.87. The molecule has 2 rings (SSSR count). The maximum atomic E-state index is 11.9.